The van der Waals surface area contributed by atoms with E-state index >= 15 is 0 Å². The van der Waals surface area contributed by atoms with E-state index in [1.54, 1.807) is 41.5 Å². The summed E-state index contributed by atoms with van der Waals surface area (Å²) < 4.78 is 43.3. The Morgan fingerprint density at radius 2 is 1.58 bits per heavy atom. The average molecular weight is 791 g/mol. The summed E-state index contributed by atoms with van der Waals surface area (Å²) >= 11 is 0. The van der Waals surface area contributed by atoms with Crippen LogP contribution in [0, 0.1) is 23.7 Å². The quantitative estimate of drug-likeness (QED) is 0.263. The number of ether oxygens (including phenoxy) is 7. The molecule has 0 aromatic carbocycles. The average Bonchev–Trinajstić information content (AvgIpc) is 3.11. The Kier molecular flexibility index (Phi) is 16.6. The molecule has 3 saturated heterocycles. The van der Waals surface area contributed by atoms with Crippen LogP contribution < -0.4 is 0 Å². The maximum absolute atomic E-state index is 14.3. The molecule has 4 N–H and O–H groups in total. The van der Waals surface area contributed by atoms with Crippen LogP contribution in [-0.2, 0) is 42.7 Å². The van der Waals surface area contributed by atoms with Crippen molar-refractivity contribution in [2.45, 2.75) is 179 Å². The molecule has 18 atom stereocenters. The molecule has 11 unspecified atom stereocenters. The van der Waals surface area contributed by atoms with Crippen molar-refractivity contribution in [2.24, 2.45) is 23.7 Å². The molecule has 0 aromatic rings. The zero-order chi connectivity index (χ0) is 42.0. The van der Waals surface area contributed by atoms with Gasteiger partial charge in [-0.05, 0) is 94.8 Å². The SMILES string of the molecule is CC[C@H]1OC(=O)[C@H](C)C(OC2CC(C)(OC)C(O)[C@H](C)O2)[C@H](C)C(OC2O[C@H](C)CC(N(C)C)C2C(=O)OC)C(C)(O)C[C@@H](C)N(C)C[C@H](C)C(O)C1(C)O. The number of hydrogen-bond donors (Lipinski definition) is 4. The lowest BCUT2D eigenvalue weighted by Crippen LogP contribution is -2.60. The van der Waals surface area contributed by atoms with Crippen molar-refractivity contribution in [3.8, 4) is 0 Å². The fourth-order valence-electron chi connectivity index (χ4n) is 9.08. The van der Waals surface area contributed by atoms with Crippen molar-refractivity contribution in [1.82, 2.24) is 9.80 Å². The summed E-state index contributed by atoms with van der Waals surface area (Å²) in [5.41, 5.74) is -4.48. The van der Waals surface area contributed by atoms with Crippen LogP contribution >= 0.6 is 0 Å². The van der Waals surface area contributed by atoms with Gasteiger partial charge in [-0.1, -0.05) is 20.8 Å². The van der Waals surface area contributed by atoms with E-state index < -0.39 is 102 Å². The molecule has 3 rings (SSSR count). The van der Waals surface area contributed by atoms with Crippen LogP contribution in [-0.4, -0.2) is 168 Å². The lowest BCUT2D eigenvalue weighted by atomic mass is 9.78. The lowest BCUT2D eigenvalue weighted by Gasteiger charge is -2.49. The number of hydrogen-bond acceptors (Lipinski definition) is 15. The predicted octanol–water partition coefficient (Wildman–Crippen LogP) is 2.33. The highest BCUT2D eigenvalue weighted by molar-refractivity contribution is 5.74. The van der Waals surface area contributed by atoms with Crippen molar-refractivity contribution in [1.29, 1.82) is 0 Å². The Labute approximate surface area is 329 Å². The summed E-state index contributed by atoms with van der Waals surface area (Å²) in [4.78, 5) is 31.7. The second-order valence-electron chi connectivity index (χ2n) is 17.7. The first-order chi connectivity index (χ1) is 25.4. The third kappa shape index (κ3) is 10.8. The molecule has 0 aliphatic carbocycles. The van der Waals surface area contributed by atoms with E-state index in [-0.39, 0.29) is 37.5 Å². The molecule has 3 heterocycles. The van der Waals surface area contributed by atoms with Gasteiger partial charge in [0, 0.05) is 38.1 Å². The first kappa shape index (κ1) is 47.9. The summed E-state index contributed by atoms with van der Waals surface area (Å²) in [6.45, 7) is 17.8. The molecule has 3 aliphatic heterocycles. The topological polar surface area (TPSA) is 186 Å². The first-order valence-electron chi connectivity index (χ1n) is 20.0. The smallest absolute Gasteiger partial charge is 0.315 e. The summed E-state index contributed by atoms with van der Waals surface area (Å²) in [5, 5.41) is 46.9. The van der Waals surface area contributed by atoms with Gasteiger partial charge >= 0.3 is 11.9 Å². The monoisotopic (exact) mass is 791 g/mol. The predicted molar refractivity (Wildman–Crippen MR) is 204 cm³/mol. The minimum Gasteiger partial charge on any atom is -0.469 e. The third-order valence-corrected chi connectivity index (χ3v) is 12.8. The van der Waals surface area contributed by atoms with Gasteiger partial charge in [0.05, 0.1) is 54.7 Å². The van der Waals surface area contributed by atoms with E-state index in [0.717, 1.165) is 0 Å². The second-order valence-corrected chi connectivity index (χ2v) is 17.7. The normalized spacial score (nSPS) is 47.4. The van der Waals surface area contributed by atoms with Gasteiger partial charge in [0.25, 0.3) is 0 Å². The van der Waals surface area contributed by atoms with Gasteiger partial charge in [0.2, 0.25) is 0 Å². The molecule has 3 aliphatic rings. The molecule has 0 spiro atoms. The third-order valence-electron chi connectivity index (χ3n) is 12.8. The van der Waals surface area contributed by atoms with E-state index in [2.05, 4.69) is 0 Å². The maximum atomic E-state index is 14.3. The number of rotatable bonds is 8. The number of aliphatic hydroxyl groups is 4. The van der Waals surface area contributed by atoms with Gasteiger partial charge in [0.15, 0.2) is 12.6 Å². The zero-order valence-corrected chi connectivity index (χ0v) is 36.1. The summed E-state index contributed by atoms with van der Waals surface area (Å²) in [6, 6.07) is -0.588. The number of aliphatic hydroxyl groups excluding tert-OH is 2. The number of carbonyl (C=O) groups is 2. The molecule has 15 heteroatoms. The number of carbonyl (C=O) groups excluding carboxylic acids is 2. The molecule has 322 valence electrons. The number of cyclic esters (lactones) is 1. The van der Waals surface area contributed by atoms with Crippen LogP contribution in [0.4, 0.5) is 0 Å². The first-order valence-corrected chi connectivity index (χ1v) is 20.0. The second kappa shape index (κ2) is 19.0. The van der Waals surface area contributed by atoms with Gasteiger partial charge in [-0.2, -0.15) is 0 Å². The van der Waals surface area contributed by atoms with Crippen molar-refractivity contribution in [2.75, 3.05) is 41.9 Å². The molecular weight excluding hydrogens is 716 g/mol. The van der Waals surface area contributed by atoms with Gasteiger partial charge in [-0.15, -0.1) is 0 Å². The molecule has 15 nitrogen and oxygen atoms in total. The summed E-state index contributed by atoms with van der Waals surface area (Å²) in [6.07, 6.45) is -7.58. The summed E-state index contributed by atoms with van der Waals surface area (Å²) in [5.74, 6) is -4.41. The molecule has 3 fully saturated rings. The fraction of sp³-hybridized carbons (Fsp3) is 0.950. The van der Waals surface area contributed by atoms with Gasteiger partial charge in [-0.3, -0.25) is 9.59 Å². The standard InChI is InChI=1S/C40H74N2O13/c1-16-28-40(10,48)32(43)21(2)20-42(13)22(3)18-38(8,47)34(55-37-30(36(46)49-14)27(41(11)12)17-23(4)51-37)24(5)31(25(6)35(45)53-28)54-29-19-39(9,50-15)33(44)26(7)52-29/h21-34,37,43-44,47-48H,16-20H2,1-15H3/t21-,22+,23+,24-,25+,26-,27?,28+,29?,30?,31?,32?,33?,34?,37?,38?,39?,40?/m0/s1. The number of esters is 2. The highest BCUT2D eigenvalue weighted by atomic mass is 16.7. The molecule has 0 amide bonds. The van der Waals surface area contributed by atoms with Crippen LogP contribution in [0.25, 0.3) is 0 Å². The minimum atomic E-state index is -1.80. The molecule has 0 radical (unpaired) electrons. The van der Waals surface area contributed by atoms with Crippen molar-refractivity contribution in [3.63, 3.8) is 0 Å². The molecular formula is C40H74N2O13. The van der Waals surface area contributed by atoms with E-state index in [9.17, 15) is 30.0 Å². The van der Waals surface area contributed by atoms with E-state index in [4.69, 9.17) is 33.2 Å². The van der Waals surface area contributed by atoms with Crippen molar-refractivity contribution < 1.29 is 63.2 Å². The van der Waals surface area contributed by atoms with Crippen LogP contribution in [0.1, 0.15) is 94.9 Å². The zero-order valence-electron chi connectivity index (χ0n) is 36.1. The Morgan fingerprint density at radius 1 is 0.964 bits per heavy atom. The Bertz CT molecular complexity index is 1250. The van der Waals surface area contributed by atoms with Gasteiger partial charge < -0.3 is 63.4 Å². The van der Waals surface area contributed by atoms with Crippen LogP contribution in [0.3, 0.4) is 0 Å². The Morgan fingerprint density at radius 3 is 2.13 bits per heavy atom. The molecule has 0 saturated carbocycles. The van der Waals surface area contributed by atoms with Crippen molar-refractivity contribution in [3.05, 3.63) is 0 Å². The van der Waals surface area contributed by atoms with Gasteiger partial charge in [0.1, 0.15) is 23.7 Å². The van der Waals surface area contributed by atoms with Crippen LogP contribution in [0.2, 0.25) is 0 Å². The fourth-order valence-corrected chi connectivity index (χ4v) is 9.08. The van der Waals surface area contributed by atoms with E-state index in [1.807, 2.05) is 51.7 Å². The Balaban J connectivity index is 2.24. The minimum absolute atomic E-state index is 0.109. The number of nitrogens with zero attached hydrogens (tertiary/aromatic N) is 2. The maximum Gasteiger partial charge on any atom is 0.315 e. The number of methoxy groups -OCH3 is 2. The van der Waals surface area contributed by atoms with Crippen LogP contribution in [0.15, 0.2) is 0 Å². The highest BCUT2D eigenvalue weighted by Gasteiger charge is 2.53. The summed E-state index contributed by atoms with van der Waals surface area (Å²) in [7, 11) is 8.45. The molecule has 0 aromatic heterocycles. The largest absolute Gasteiger partial charge is 0.469 e. The lowest BCUT2D eigenvalue weighted by molar-refractivity contribution is -0.312. The molecule has 55 heavy (non-hydrogen) atoms. The van der Waals surface area contributed by atoms with E-state index in [1.165, 1.54) is 21.1 Å². The van der Waals surface area contributed by atoms with Gasteiger partial charge in [-0.25, -0.2) is 0 Å². The highest BCUT2D eigenvalue weighted by Crippen LogP contribution is 2.41. The van der Waals surface area contributed by atoms with Crippen LogP contribution in [0.5, 0.6) is 0 Å². The van der Waals surface area contributed by atoms with E-state index in [0.29, 0.717) is 13.0 Å². The Hall–Kier alpha value is -1.50. The molecule has 0 bridgehead atoms. The van der Waals surface area contributed by atoms with Crippen molar-refractivity contribution >= 4 is 11.9 Å².